The van der Waals surface area contributed by atoms with E-state index in [1.807, 2.05) is 5.92 Å². The standard InChI is InChI=1S/C11H21.Y/c1-10(2)8-9-11-6-4-3-5-7-11;/h10H,3-9H2,1-2H3;/q-1;. The van der Waals surface area contributed by atoms with Crippen LogP contribution in [0.1, 0.15) is 58.8 Å². The van der Waals surface area contributed by atoms with E-state index in [0.717, 1.165) is 5.92 Å². The summed E-state index contributed by atoms with van der Waals surface area (Å²) in [5, 5.41) is 0. The fourth-order valence-corrected chi connectivity index (χ4v) is 1.79. The van der Waals surface area contributed by atoms with Gasteiger partial charge in [0, 0.05) is 32.7 Å². The maximum Gasteiger partial charge on any atom is 0 e. The van der Waals surface area contributed by atoms with Crippen LogP contribution in [0.2, 0.25) is 0 Å². The Bertz CT molecular complexity index is 93.2. The second kappa shape index (κ2) is 7.50. The predicted octanol–water partition coefficient (Wildman–Crippen LogP) is 3.96. The summed E-state index contributed by atoms with van der Waals surface area (Å²) in [5.74, 6) is 2.74. The summed E-state index contributed by atoms with van der Waals surface area (Å²) in [6.45, 7) is 4.65. The molecule has 1 rings (SSSR count). The van der Waals surface area contributed by atoms with E-state index in [2.05, 4.69) is 13.8 Å². The molecule has 0 atom stereocenters. The van der Waals surface area contributed by atoms with E-state index in [4.69, 9.17) is 0 Å². The molecule has 0 amide bonds. The van der Waals surface area contributed by atoms with E-state index in [-0.39, 0.29) is 32.7 Å². The van der Waals surface area contributed by atoms with Crippen LogP contribution in [-0.4, -0.2) is 0 Å². The molecule has 0 bridgehead atoms. The largest absolute Gasteiger partial charge is 0.314 e. The summed E-state index contributed by atoms with van der Waals surface area (Å²) in [5.41, 5.74) is 0. The summed E-state index contributed by atoms with van der Waals surface area (Å²) in [4.78, 5) is 0. The van der Waals surface area contributed by atoms with Gasteiger partial charge in [-0.1, -0.05) is 39.5 Å². The Hall–Kier alpha value is 1.10. The van der Waals surface area contributed by atoms with Crippen LogP contribution in [-0.2, 0) is 32.7 Å². The zero-order valence-corrected chi connectivity index (χ0v) is 11.4. The minimum atomic E-state index is 0. The Labute approximate surface area is 103 Å². The van der Waals surface area contributed by atoms with Crippen LogP contribution in [0, 0.1) is 11.8 Å². The van der Waals surface area contributed by atoms with Crippen LogP contribution in [0.5, 0.6) is 0 Å². The van der Waals surface area contributed by atoms with E-state index >= 15 is 0 Å². The van der Waals surface area contributed by atoms with Gasteiger partial charge in [-0.3, -0.25) is 0 Å². The van der Waals surface area contributed by atoms with Crippen molar-refractivity contribution in [2.45, 2.75) is 58.8 Å². The van der Waals surface area contributed by atoms with Crippen molar-refractivity contribution in [2.75, 3.05) is 0 Å². The minimum Gasteiger partial charge on any atom is -0.314 e. The molecule has 69 valence electrons. The van der Waals surface area contributed by atoms with Gasteiger partial charge in [0.2, 0.25) is 0 Å². The average molecular weight is 242 g/mol. The topological polar surface area (TPSA) is 0 Å². The van der Waals surface area contributed by atoms with Crippen molar-refractivity contribution in [2.24, 2.45) is 5.92 Å². The van der Waals surface area contributed by atoms with Crippen molar-refractivity contribution in [3.05, 3.63) is 5.92 Å². The maximum atomic E-state index is 2.32. The first-order valence-corrected chi connectivity index (χ1v) is 5.12. The maximum absolute atomic E-state index is 2.32. The van der Waals surface area contributed by atoms with Crippen LogP contribution in [0.25, 0.3) is 0 Å². The van der Waals surface area contributed by atoms with Crippen LogP contribution in [0.15, 0.2) is 0 Å². The monoisotopic (exact) mass is 242 g/mol. The van der Waals surface area contributed by atoms with Gasteiger partial charge < -0.3 is 5.92 Å². The summed E-state index contributed by atoms with van der Waals surface area (Å²) in [6.07, 6.45) is 10.1. The Balaban J connectivity index is 0.00000121. The van der Waals surface area contributed by atoms with E-state index < -0.39 is 0 Å². The Morgan fingerprint density at radius 1 is 1.08 bits per heavy atom. The molecule has 0 spiro atoms. The van der Waals surface area contributed by atoms with Crippen LogP contribution < -0.4 is 0 Å². The quantitative estimate of drug-likeness (QED) is 0.657. The second-order valence-electron chi connectivity index (χ2n) is 4.24. The number of hydrogen-bond acceptors (Lipinski definition) is 0. The molecule has 0 aromatic rings. The molecule has 1 aliphatic carbocycles. The molecule has 12 heavy (non-hydrogen) atoms. The fourth-order valence-electron chi connectivity index (χ4n) is 1.79. The minimum absolute atomic E-state index is 0. The fraction of sp³-hybridized carbons (Fsp3) is 0.909. The van der Waals surface area contributed by atoms with Gasteiger partial charge in [-0.2, -0.15) is 19.3 Å². The third kappa shape index (κ3) is 5.70. The van der Waals surface area contributed by atoms with E-state index in [1.54, 1.807) is 0 Å². The smallest absolute Gasteiger partial charge is 0 e. The normalized spacial score (nSPS) is 19.2. The van der Waals surface area contributed by atoms with Crippen molar-refractivity contribution in [3.63, 3.8) is 0 Å². The van der Waals surface area contributed by atoms with Crippen molar-refractivity contribution >= 4 is 0 Å². The third-order valence-corrected chi connectivity index (χ3v) is 2.64. The van der Waals surface area contributed by atoms with Gasteiger partial charge >= 0.3 is 0 Å². The van der Waals surface area contributed by atoms with E-state index in [1.165, 1.54) is 44.9 Å². The summed E-state index contributed by atoms with van der Waals surface area (Å²) in [6, 6.07) is 0. The predicted molar refractivity (Wildman–Crippen MR) is 50.4 cm³/mol. The summed E-state index contributed by atoms with van der Waals surface area (Å²) >= 11 is 0. The molecule has 0 nitrogen and oxygen atoms in total. The molecule has 1 radical (unpaired) electrons. The molecule has 1 heteroatoms. The first kappa shape index (κ1) is 13.1. The average Bonchev–Trinajstić information content (AvgIpc) is 2.03. The van der Waals surface area contributed by atoms with Crippen LogP contribution in [0.4, 0.5) is 0 Å². The van der Waals surface area contributed by atoms with Gasteiger partial charge in [0.25, 0.3) is 0 Å². The van der Waals surface area contributed by atoms with Gasteiger partial charge in [-0.05, 0) is 5.92 Å². The Kier molecular flexibility index (Phi) is 8.19. The Morgan fingerprint density at radius 3 is 2.17 bits per heavy atom. The zero-order valence-electron chi connectivity index (χ0n) is 8.60. The molecule has 0 aromatic carbocycles. The molecule has 0 aromatic heterocycles. The molecule has 1 saturated carbocycles. The molecule has 0 aliphatic heterocycles. The van der Waals surface area contributed by atoms with Crippen molar-refractivity contribution in [1.29, 1.82) is 0 Å². The van der Waals surface area contributed by atoms with Gasteiger partial charge in [-0.25, -0.2) is 0 Å². The molecular formula is C11H21Y-. The van der Waals surface area contributed by atoms with E-state index in [9.17, 15) is 0 Å². The molecule has 0 N–H and O–H groups in total. The van der Waals surface area contributed by atoms with Crippen molar-refractivity contribution in [1.82, 2.24) is 0 Å². The van der Waals surface area contributed by atoms with Gasteiger partial charge in [0.05, 0.1) is 0 Å². The Morgan fingerprint density at radius 2 is 1.67 bits per heavy atom. The van der Waals surface area contributed by atoms with Gasteiger partial charge in [0.15, 0.2) is 0 Å². The second-order valence-corrected chi connectivity index (χ2v) is 4.24. The first-order chi connectivity index (χ1) is 5.29. The van der Waals surface area contributed by atoms with E-state index in [0.29, 0.717) is 0 Å². The SMILES string of the molecule is CC(C)CC[C-]1CCCCC1.[Y]. The summed E-state index contributed by atoms with van der Waals surface area (Å²) < 4.78 is 0. The number of rotatable bonds is 3. The van der Waals surface area contributed by atoms with Crippen molar-refractivity contribution < 1.29 is 32.7 Å². The zero-order chi connectivity index (χ0) is 8.10. The first-order valence-electron chi connectivity index (χ1n) is 5.12. The molecule has 1 aliphatic rings. The number of hydrogen-bond donors (Lipinski definition) is 0. The molecule has 0 unspecified atom stereocenters. The van der Waals surface area contributed by atoms with Crippen molar-refractivity contribution in [3.8, 4) is 0 Å². The molecular weight excluding hydrogens is 221 g/mol. The third-order valence-electron chi connectivity index (χ3n) is 2.64. The summed E-state index contributed by atoms with van der Waals surface area (Å²) in [7, 11) is 0. The molecule has 0 saturated heterocycles. The van der Waals surface area contributed by atoms with Gasteiger partial charge in [-0.15, -0.1) is 0 Å². The van der Waals surface area contributed by atoms with Crippen LogP contribution in [0.3, 0.4) is 0 Å². The van der Waals surface area contributed by atoms with Crippen LogP contribution >= 0.6 is 0 Å². The molecule has 0 heterocycles. The van der Waals surface area contributed by atoms with Gasteiger partial charge in [0.1, 0.15) is 0 Å². The molecule has 1 fully saturated rings.